The summed E-state index contributed by atoms with van der Waals surface area (Å²) < 4.78 is 1.83. The first-order chi connectivity index (χ1) is 8.17. The van der Waals surface area contributed by atoms with Crippen LogP contribution in [0.25, 0.3) is 11.4 Å². The van der Waals surface area contributed by atoms with Crippen molar-refractivity contribution in [2.24, 2.45) is 7.05 Å². The van der Waals surface area contributed by atoms with Crippen LogP contribution in [0.15, 0.2) is 12.3 Å². The van der Waals surface area contributed by atoms with E-state index in [9.17, 15) is 0 Å². The molecule has 90 valence electrons. The molecular weight excluding hydrogens is 214 g/mol. The van der Waals surface area contributed by atoms with Crippen molar-refractivity contribution in [3.05, 3.63) is 23.7 Å². The SMILES string of the molecule is CCc1nc(NC)c(C)c(-c2ccnn2C)n1. The van der Waals surface area contributed by atoms with Crippen molar-refractivity contribution in [2.45, 2.75) is 20.3 Å². The molecule has 0 aliphatic rings. The fourth-order valence-corrected chi connectivity index (χ4v) is 1.82. The first kappa shape index (κ1) is 11.6. The third kappa shape index (κ3) is 2.00. The minimum absolute atomic E-state index is 0.819. The maximum Gasteiger partial charge on any atom is 0.133 e. The van der Waals surface area contributed by atoms with E-state index >= 15 is 0 Å². The standard InChI is InChI=1S/C12H17N5/c1-5-10-15-11(8(2)12(13-3)16-10)9-6-7-14-17(9)4/h6-7H,5H2,1-4H3,(H,13,15,16). The van der Waals surface area contributed by atoms with Crippen LogP contribution in [0.2, 0.25) is 0 Å². The highest BCUT2D eigenvalue weighted by molar-refractivity contribution is 5.65. The van der Waals surface area contributed by atoms with Gasteiger partial charge in [-0.15, -0.1) is 0 Å². The summed E-state index contributed by atoms with van der Waals surface area (Å²) in [5.74, 6) is 1.73. The van der Waals surface area contributed by atoms with Crippen molar-refractivity contribution in [3.63, 3.8) is 0 Å². The Morgan fingerprint density at radius 1 is 1.35 bits per heavy atom. The molecule has 0 fully saturated rings. The smallest absolute Gasteiger partial charge is 0.133 e. The van der Waals surface area contributed by atoms with E-state index in [2.05, 4.69) is 27.3 Å². The lowest BCUT2D eigenvalue weighted by atomic mass is 10.1. The third-order valence-electron chi connectivity index (χ3n) is 2.81. The van der Waals surface area contributed by atoms with Gasteiger partial charge >= 0.3 is 0 Å². The molecule has 0 saturated heterocycles. The maximum atomic E-state index is 4.59. The molecule has 0 radical (unpaired) electrons. The Morgan fingerprint density at radius 2 is 2.12 bits per heavy atom. The summed E-state index contributed by atoms with van der Waals surface area (Å²) in [6.07, 6.45) is 2.60. The summed E-state index contributed by atoms with van der Waals surface area (Å²) in [5, 5.41) is 7.29. The summed E-state index contributed by atoms with van der Waals surface area (Å²) in [5.41, 5.74) is 3.01. The summed E-state index contributed by atoms with van der Waals surface area (Å²) in [6.45, 7) is 4.07. The van der Waals surface area contributed by atoms with Crippen molar-refractivity contribution >= 4 is 5.82 Å². The van der Waals surface area contributed by atoms with Crippen LogP contribution in [-0.4, -0.2) is 26.8 Å². The largest absolute Gasteiger partial charge is 0.373 e. The number of aryl methyl sites for hydroxylation is 2. The quantitative estimate of drug-likeness (QED) is 0.875. The van der Waals surface area contributed by atoms with E-state index < -0.39 is 0 Å². The summed E-state index contributed by atoms with van der Waals surface area (Å²) in [6, 6.07) is 1.97. The lowest BCUT2D eigenvalue weighted by Crippen LogP contribution is -2.06. The molecule has 5 nitrogen and oxygen atoms in total. The second-order valence-corrected chi connectivity index (χ2v) is 3.91. The molecule has 0 bridgehead atoms. The maximum absolute atomic E-state index is 4.59. The van der Waals surface area contributed by atoms with Gasteiger partial charge in [0.05, 0.1) is 11.4 Å². The molecule has 0 atom stereocenters. The third-order valence-corrected chi connectivity index (χ3v) is 2.81. The van der Waals surface area contributed by atoms with Gasteiger partial charge in [-0.05, 0) is 13.0 Å². The second-order valence-electron chi connectivity index (χ2n) is 3.91. The highest BCUT2D eigenvalue weighted by Gasteiger charge is 2.13. The number of anilines is 1. The molecule has 0 aliphatic carbocycles. The average molecular weight is 231 g/mol. The monoisotopic (exact) mass is 231 g/mol. The molecule has 0 aliphatic heterocycles. The molecule has 17 heavy (non-hydrogen) atoms. The minimum atomic E-state index is 0.819. The fourth-order valence-electron chi connectivity index (χ4n) is 1.82. The van der Waals surface area contributed by atoms with Crippen molar-refractivity contribution in [2.75, 3.05) is 12.4 Å². The molecule has 1 N–H and O–H groups in total. The van der Waals surface area contributed by atoms with Crippen molar-refractivity contribution in [1.29, 1.82) is 0 Å². The number of rotatable bonds is 3. The Bertz CT molecular complexity index is 530. The molecule has 2 aromatic rings. The van der Waals surface area contributed by atoms with Gasteiger partial charge in [-0.3, -0.25) is 4.68 Å². The minimum Gasteiger partial charge on any atom is -0.373 e. The zero-order chi connectivity index (χ0) is 12.4. The van der Waals surface area contributed by atoms with Gasteiger partial charge in [0, 0.05) is 32.3 Å². The highest BCUT2D eigenvalue weighted by atomic mass is 15.3. The van der Waals surface area contributed by atoms with E-state index in [0.29, 0.717) is 0 Å². The number of aromatic nitrogens is 4. The van der Waals surface area contributed by atoms with Crippen molar-refractivity contribution < 1.29 is 0 Å². The van der Waals surface area contributed by atoms with Crippen LogP contribution in [0, 0.1) is 6.92 Å². The second kappa shape index (κ2) is 4.53. The van der Waals surface area contributed by atoms with E-state index in [-0.39, 0.29) is 0 Å². The van der Waals surface area contributed by atoms with Gasteiger partial charge in [0.1, 0.15) is 11.6 Å². The fraction of sp³-hybridized carbons (Fsp3) is 0.417. The Labute approximate surface area is 101 Å². The van der Waals surface area contributed by atoms with Crippen LogP contribution >= 0.6 is 0 Å². The molecule has 2 heterocycles. The average Bonchev–Trinajstić information content (AvgIpc) is 2.76. The predicted octanol–water partition coefficient (Wildman–Crippen LogP) is 1.79. The molecular formula is C12H17N5. The number of hydrogen-bond acceptors (Lipinski definition) is 4. The normalized spacial score (nSPS) is 10.6. The van der Waals surface area contributed by atoms with Gasteiger partial charge in [-0.1, -0.05) is 6.92 Å². The first-order valence-corrected chi connectivity index (χ1v) is 5.71. The van der Waals surface area contributed by atoms with E-state index in [1.807, 2.05) is 31.8 Å². The number of nitrogens with one attached hydrogen (secondary N) is 1. The Hall–Kier alpha value is -1.91. The van der Waals surface area contributed by atoms with E-state index in [1.165, 1.54) is 0 Å². The zero-order valence-corrected chi connectivity index (χ0v) is 10.7. The van der Waals surface area contributed by atoms with E-state index in [0.717, 1.165) is 35.0 Å². The van der Waals surface area contributed by atoms with Gasteiger partial charge in [0.25, 0.3) is 0 Å². The molecule has 0 amide bonds. The Morgan fingerprint density at radius 3 is 2.65 bits per heavy atom. The molecule has 2 rings (SSSR count). The van der Waals surface area contributed by atoms with Gasteiger partial charge in [0.2, 0.25) is 0 Å². The number of nitrogens with zero attached hydrogens (tertiary/aromatic N) is 4. The number of hydrogen-bond donors (Lipinski definition) is 1. The first-order valence-electron chi connectivity index (χ1n) is 5.71. The van der Waals surface area contributed by atoms with E-state index in [1.54, 1.807) is 6.20 Å². The molecule has 0 unspecified atom stereocenters. The summed E-state index contributed by atoms with van der Waals surface area (Å²) in [7, 11) is 3.79. The van der Waals surface area contributed by atoms with Crippen LogP contribution in [-0.2, 0) is 13.5 Å². The van der Waals surface area contributed by atoms with Crippen LogP contribution in [0.3, 0.4) is 0 Å². The van der Waals surface area contributed by atoms with Gasteiger partial charge in [-0.25, -0.2) is 9.97 Å². The Balaban J connectivity index is 2.64. The van der Waals surface area contributed by atoms with Crippen molar-refractivity contribution in [1.82, 2.24) is 19.7 Å². The highest BCUT2D eigenvalue weighted by Crippen LogP contribution is 2.24. The lowest BCUT2D eigenvalue weighted by Gasteiger charge is -2.11. The van der Waals surface area contributed by atoms with Gasteiger partial charge < -0.3 is 5.32 Å². The summed E-state index contributed by atoms with van der Waals surface area (Å²) >= 11 is 0. The van der Waals surface area contributed by atoms with Gasteiger partial charge in [0.15, 0.2) is 0 Å². The van der Waals surface area contributed by atoms with Crippen LogP contribution in [0.5, 0.6) is 0 Å². The molecule has 0 saturated carbocycles. The molecule has 0 spiro atoms. The zero-order valence-electron chi connectivity index (χ0n) is 10.7. The topological polar surface area (TPSA) is 55.6 Å². The van der Waals surface area contributed by atoms with E-state index in [4.69, 9.17) is 0 Å². The molecule has 5 heteroatoms. The predicted molar refractivity (Wildman–Crippen MR) is 67.9 cm³/mol. The van der Waals surface area contributed by atoms with Crippen LogP contribution < -0.4 is 5.32 Å². The van der Waals surface area contributed by atoms with Gasteiger partial charge in [-0.2, -0.15) is 5.10 Å². The molecule has 2 aromatic heterocycles. The molecule has 0 aromatic carbocycles. The Kier molecular flexibility index (Phi) is 3.08. The van der Waals surface area contributed by atoms with Crippen LogP contribution in [0.1, 0.15) is 18.3 Å². The van der Waals surface area contributed by atoms with Crippen LogP contribution in [0.4, 0.5) is 5.82 Å². The van der Waals surface area contributed by atoms with Crippen molar-refractivity contribution in [3.8, 4) is 11.4 Å². The summed E-state index contributed by atoms with van der Waals surface area (Å²) in [4.78, 5) is 9.05. The lowest BCUT2D eigenvalue weighted by molar-refractivity contribution is 0.770.